The normalized spacial score (nSPS) is 16.1. The lowest BCUT2D eigenvalue weighted by Gasteiger charge is -2.13. The molecule has 3 rings (SSSR count). The van der Waals surface area contributed by atoms with Gasteiger partial charge in [0.2, 0.25) is 0 Å². The first-order valence-electron chi connectivity index (χ1n) is 8.54. The molecule has 24 heavy (non-hydrogen) atoms. The molecule has 0 aliphatic heterocycles. The minimum absolute atomic E-state index is 0.0602. The lowest BCUT2D eigenvalue weighted by Crippen LogP contribution is -2.27. The lowest BCUT2D eigenvalue weighted by atomic mass is 9.97. The largest absolute Gasteiger partial charge is 0.279 e. The van der Waals surface area contributed by atoms with Crippen LogP contribution in [0.25, 0.3) is 4.96 Å². The Morgan fingerprint density at radius 1 is 1.38 bits per heavy atom. The molecule has 0 unspecified atom stereocenters. The Bertz CT molecular complexity index is 860. The second-order valence-electron chi connectivity index (χ2n) is 6.71. The van der Waals surface area contributed by atoms with Crippen molar-refractivity contribution in [2.45, 2.75) is 63.8 Å². The van der Waals surface area contributed by atoms with Crippen LogP contribution in [0.15, 0.2) is 22.9 Å². The first kappa shape index (κ1) is 17.6. The lowest BCUT2D eigenvalue weighted by molar-refractivity contribution is 0.571. The molecule has 7 heteroatoms. The fraction of sp³-hybridized carbons (Fsp3) is 0.588. The highest BCUT2D eigenvalue weighted by molar-refractivity contribution is 7.89. The Kier molecular flexibility index (Phi) is 5.13. The van der Waals surface area contributed by atoms with Crippen LogP contribution in [-0.4, -0.2) is 24.3 Å². The third-order valence-corrected chi connectivity index (χ3v) is 6.74. The van der Waals surface area contributed by atoms with Crippen LogP contribution in [0.4, 0.5) is 0 Å². The molecule has 132 valence electrons. The van der Waals surface area contributed by atoms with Crippen LogP contribution in [0.1, 0.15) is 62.4 Å². The standard InChI is InChI=1S/C17H25N3O2S2/c1-12(2)15-16(20-11-13(3)23-17(20)19-15)24(21,22)18-10-9-14-7-5-4-6-8-14/h7,11-12,18H,4-6,8-10H2,1-3H3. The van der Waals surface area contributed by atoms with Crippen LogP contribution < -0.4 is 4.72 Å². The molecular weight excluding hydrogens is 342 g/mol. The number of nitrogens with zero attached hydrogens (tertiary/aromatic N) is 2. The molecule has 0 aromatic carbocycles. The van der Waals surface area contributed by atoms with Gasteiger partial charge in [-0.25, -0.2) is 18.1 Å². The Morgan fingerprint density at radius 2 is 2.17 bits per heavy atom. The zero-order valence-electron chi connectivity index (χ0n) is 14.5. The molecule has 0 atom stereocenters. The number of allylic oxidation sites excluding steroid dienone is 1. The fourth-order valence-electron chi connectivity index (χ4n) is 3.14. The van der Waals surface area contributed by atoms with E-state index < -0.39 is 10.0 Å². The van der Waals surface area contributed by atoms with E-state index >= 15 is 0 Å². The molecule has 0 spiro atoms. The van der Waals surface area contributed by atoms with Gasteiger partial charge in [-0.1, -0.05) is 25.5 Å². The number of aryl methyl sites for hydroxylation is 1. The number of sulfonamides is 1. The minimum atomic E-state index is -3.58. The van der Waals surface area contributed by atoms with Gasteiger partial charge >= 0.3 is 0 Å². The molecule has 1 aliphatic rings. The van der Waals surface area contributed by atoms with Crippen LogP contribution >= 0.6 is 11.3 Å². The van der Waals surface area contributed by atoms with E-state index in [2.05, 4.69) is 15.8 Å². The molecule has 0 amide bonds. The van der Waals surface area contributed by atoms with Crippen molar-refractivity contribution in [3.63, 3.8) is 0 Å². The summed E-state index contributed by atoms with van der Waals surface area (Å²) in [6.45, 7) is 6.37. The molecule has 0 fully saturated rings. The van der Waals surface area contributed by atoms with E-state index in [1.54, 1.807) is 4.40 Å². The van der Waals surface area contributed by atoms with E-state index in [9.17, 15) is 8.42 Å². The number of thiazole rings is 1. The highest BCUT2D eigenvalue weighted by atomic mass is 32.2. The molecule has 2 heterocycles. The number of hydrogen-bond acceptors (Lipinski definition) is 4. The van der Waals surface area contributed by atoms with Crippen LogP contribution in [0.5, 0.6) is 0 Å². The molecule has 0 saturated heterocycles. The first-order valence-corrected chi connectivity index (χ1v) is 10.8. The summed E-state index contributed by atoms with van der Waals surface area (Å²) in [7, 11) is -3.58. The summed E-state index contributed by atoms with van der Waals surface area (Å²) in [6, 6.07) is 0. The maximum absolute atomic E-state index is 12.9. The summed E-state index contributed by atoms with van der Waals surface area (Å²) < 4.78 is 30.3. The maximum atomic E-state index is 12.9. The maximum Gasteiger partial charge on any atom is 0.258 e. The van der Waals surface area contributed by atoms with E-state index in [1.165, 1.54) is 29.8 Å². The van der Waals surface area contributed by atoms with Gasteiger partial charge in [0.15, 0.2) is 9.99 Å². The predicted molar refractivity (Wildman–Crippen MR) is 98.3 cm³/mol. The van der Waals surface area contributed by atoms with Crippen LogP contribution in [0.3, 0.4) is 0 Å². The molecular formula is C17H25N3O2S2. The van der Waals surface area contributed by atoms with Gasteiger partial charge in [0.05, 0.1) is 5.69 Å². The molecule has 2 aromatic heterocycles. The topological polar surface area (TPSA) is 63.5 Å². The summed E-state index contributed by atoms with van der Waals surface area (Å²) in [4.78, 5) is 6.34. The average molecular weight is 368 g/mol. The van der Waals surface area contributed by atoms with Gasteiger partial charge in [0.25, 0.3) is 10.0 Å². The second-order valence-corrected chi connectivity index (χ2v) is 9.60. The Balaban J connectivity index is 1.84. The highest BCUT2D eigenvalue weighted by Crippen LogP contribution is 2.29. The Hall–Kier alpha value is -1.18. The SMILES string of the molecule is Cc1cn2c(S(=O)(=O)NCCC3=CCCCC3)c(C(C)C)nc2s1. The van der Waals surface area contributed by atoms with E-state index in [0.29, 0.717) is 17.3 Å². The number of imidazole rings is 1. The van der Waals surface area contributed by atoms with Crippen molar-refractivity contribution < 1.29 is 8.42 Å². The fourth-order valence-corrected chi connectivity index (χ4v) is 5.49. The van der Waals surface area contributed by atoms with Gasteiger partial charge in [-0.15, -0.1) is 11.3 Å². The van der Waals surface area contributed by atoms with E-state index in [0.717, 1.165) is 29.1 Å². The minimum Gasteiger partial charge on any atom is -0.279 e. The zero-order valence-corrected chi connectivity index (χ0v) is 16.1. The summed E-state index contributed by atoms with van der Waals surface area (Å²) in [5.74, 6) is 0.0602. The summed E-state index contributed by atoms with van der Waals surface area (Å²) in [5.41, 5.74) is 2.02. The molecule has 1 aliphatic carbocycles. The average Bonchev–Trinajstić information content (AvgIpc) is 3.04. The number of hydrogen-bond donors (Lipinski definition) is 1. The summed E-state index contributed by atoms with van der Waals surface area (Å²) in [6.07, 6.45) is 9.59. The monoisotopic (exact) mass is 367 g/mol. The number of aromatic nitrogens is 2. The van der Waals surface area contributed by atoms with Gasteiger partial charge in [-0.05, 0) is 44.9 Å². The zero-order chi connectivity index (χ0) is 17.3. The van der Waals surface area contributed by atoms with Crippen LogP contribution in [0.2, 0.25) is 0 Å². The highest BCUT2D eigenvalue weighted by Gasteiger charge is 2.27. The number of nitrogens with one attached hydrogen (secondary N) is 1. The summed E-state index contributed by atoms with van der Waals surface area (Å²) >= 11 is 1.52. The van der Waals surface area contributed by atoms with Crippen molar-refractivity contribution in [2.75, 3.05) is 6.54 Å². The third-order valence-electron chi connectivity index (χ3n) is 4.35. The quantitative estimate of drug-likeness (QED) is 0.785. The second kappa shape index (κ2) is 6.98. The van der Waals surface area contributed by atoms with Crippen LogP contribution in [-0.2, 0) is 10.0 Å². The van der Waals surface area contributed by atoms with Gasteiger partial charge in [0, 0.05) is 17.6 Å². The summed E-state index contributed by atoms with van der Waals surface area (Å²) in [5, 5.41) is 0.300. The van der Waals surface area contributed by atoms with Crippen molar-refractivity contribution in [1.82, 2.24) is 14.1 Å². The molecule has 0 bridgehead atoms. The van der Waals surface area contributed by atoms with Crippen LogP contribution in [0, 0.1) is 6.92 Å². The van der Waals surface area contributed by atoms with E-state index in [1.807, 2.05) is 27.0 Å². The van der Waals surface area contributed by atoms with Crippen molar-refractivity contribution >= 4 is 26.3 Å². The van der Waals surface area contributed by atoms with Gasteiger partial charge < -0.3 is 0 Å². The van der Waals surface area contributed by atoms with Crippen molar-refractivity contribution in [1.29, 1.82) is 0 Å². The molecule has 2 aromatic rings. The number of fused-ring (bicyclic) bond motifs is 1. The third kappa shape index (κ3) is 3.58. The predicted octanol–water partition coefficient (Wildman–Crippen LogP) is 4.00. The Labute approximate surface area is 147 Å². The smallest absolute Gasteiger partial charge is 0.258 e. The van der Waals surface area contributed by atoms with Crippen molar-refractivity contribution in [2.24, 2.45) is 0 Å². The number of rotatable bonds is 6. The van der Waals surface area contributed by atoms with Crippen molar-refractivity contribution in [3.8, 4) is 0 Å². The molecule has 0 radical (unpaired) electrons. The first-order chi connectivity index (χ1) is 11.4. The van der Waals surface area contributed by atoms with Crippen molar-refractivity contribution in [3.05, 3.63) is 28.4 Å². The van der Waals surface area contributed by atoms with Gasteiger partial charge in [-0.3, -0.25) is 4.40 Å². The van der Waals surface area contributed by atoms with E-state index in [4.69, 9.17) is 0 Å². The molecule has 0 saturated carbocycles. The molecule has 5 nitrogen and oxygen atoms in total. The van der Waals surface area contributed by atoms with Gasteiger partial charge in [0.1, 0.15) is 0 Å². The Morgan fingerprint density at radius 3 is 2.83 bits per heavy atom. The van der Waals surface area contributed by atoms with E-state index in [-0.39, 0.29) is 5.92 Å². The van der Waals surface area contributed by atoms with Gasteiger partial charge in [-0.2, -0.15) is 0 Å². The molecule has 1 N–H and O–H groups in total.